The zero-order valence-corrected chi connectivity index (χ0v) is 51.8. The first-order valence-electron chi connectivity index (χ1n) is 34.9. The van der Waals surface area contributed by atoms with Gasteiger partial charge in [-0.05, 0) is 51.4 Å². The maximum absolute atomic E-state index is 12.5. The molecule has 0 spiro atoms. The van der Waals surface area contributed by atoms with E-state index in [-0.39, 0.29) is 18.5 Å². The monoisotopic (exact) mass is 1070 g/mol. The van der Waals surface area contributed by atoms with E-state index in [4.69, 9.17) is 4.74 Å². The number of carbonyl (C=O) groups is 2. The van der Waals surface area contributed by atoms with E-state index in [1.54, 1.807) is 0 Å². The van der Waals surface area contributed by atoms with Crippen molar-refractivity contribution < 1.29 is 24.5 Å². The number of amides is 1. The maximum Gasteiger partial charge on any atom is 0.305 e. The van der Waals surface area contributed by atoms with Gasteiger partial charge in [-0.3, -0.25) is 9.59 Å². The molecule has 76 heavy (non-hydrogen) atoms. The van der Waals surface area contributed by atoms with Crippen molar-refractivity contribution in [2.75, 3.05) is 13.2 Å². The molecule has 6 heteroatoms. The van der Waals surface area contributed by atoms with Crippen LogP contribution in [0.15, 0.2) is 12.2 Å². The van der Waals surface area contributed by atoms with Gasteiger partial charge in [-0.1, -0.05) is 347 Å². The Morgan fingerprint density at radius 3 is 0.934 bits per heavy atom. The van der Waals surface area contributed by atoms with Crippen LogP contribution < -0.4 is 5.32 Å². The average molecular weight is 1070 g/mol. The van der Waals surface area contributed by atoms with Crippen molar-refractivity contribution >= 4 is 11.9 Å². The molecule has 0 bridgehead atoms. The summed E-state index contributed by atoms with van der Waals surface area (Å²) in [6.45, 7) is 4.98. The number of rotatable bonds is 66. The molecule has 452 valence electrons. The molecule has 0 rings (SSSR count). The lowest BCUT2D eigenvalue weighted by Crippen LogP contribution is -2.45. The summed E-state index contributed by atoms with van der Waals surface area (Å²) < 4.78 is 5.48. The molecule has 0 fully saturated rings. The van der Waals surface area contributed by atoms with Crippen LogP contribution in [-0.2, 0) is 14.3 Å². The van der Waals surface area contributed by atoms with Gasteiger partial charge >= 0.3 is 5.97 Å². The Kier molecular flexibility index (Phi) is 64.9. The van der Waals surface area contributed by atoms with Gasteiger partial charge in [-0.2, -0.15) is 0 Å². The molecule has 0 saturated heterocycles. The van der Waals surface area contributed by atoms with E-state index in [9.17, 15) is 19.8 Å². The zero-order chi connectivity index (χ0) is 55.0. The number of nitrogens with one attached hydrogen (secondary N) is 1. The van der Waals surface area contributed by atoms with Crippen LogP contribution in [0.1, 0.15) is 399 Å². The van der Waals surface area contributed by atoms with Crippen molar-refractivity contribution in [3.63, 3.8) is 0 Å². The predicted molar refractivity (Wildman–Crippen MR) is 333 cm³/mol. The van der Waals surface area contributed by atoms with Gasteiger partial charge < -0.3 is 20.3 Å². The molecule has 2 atom stereocenters. The minimum Gasteiger partial charge on any atom is -0.466 e. The summed E-state index contributed by atoms with van der Waals surface area (Å²) in [5.74, 6) is -0.00842. The van der Waals surface area contributed by atoms with E-state index in [0.29, 0.717) is 25.9 Å². The fraction of sp³-hybridized carbons (Fsp3) is 0.943. The molecule has 0 aromatic carbocycles. The van der Waals surface area contributed by atoms with Gasteiger partial charge in [0.25, 0.3) is 0 Å². The first kappa shape index (κ1) is 74.6. The Morgan fingerprint density at radius 2 is 0.618 bits per heavy atom. The highest BCUT2D eigenvalue weighted by molar-refractivity contribution is 5.76. The van der Waals surface area contributed by atoms with Gasteiger partial charge in [0, 0.05) is 12.8 Å². The van der Waals surface area contributed by atoms with E-state index < -0.39 is 12.1 Å². The van der Waals surface area contributed by atoms with Crippen LogP contribution in [0.5, 0.6) is 0 Å². The van der Waals surface area contributed by atoms with Crippen LogP contribution in [0.2, 0.25) is 0 Å². The Morgan fingerprint density at radius 1 is 0.355 bits per heavy atom. The molecule has 2 unspecified atom stereocenters. The minimum absolute atomic E-state index is 0.0206. The van der Waals surface area contributed by atoms with Gasteiger partial charge in [-0.25, -0.2) is 0 Å². The molecule has 0 aromatic rings. The highest BCUT2D eigenvalue weighted by Gasteiger charge is 2.20. The molecule has 0 aliphatic rings. The first-order valence-corrected chi connectivity index (χ1v) is 34.9. The molecule has 0 aromatic heterocycles. The number of aliphatic hydroxyl groups excluding tert-OH is 2. The van der Waals surface area contributed by atoms with Gasteiger partial charge in [0.15, 0.2) is 0 Å². The molecule has 0 saturated carbocycles. The van der Waals surface area contributed by atoms with E-state index in [1.165, 1.54) is 327 Å². The molecule has 3 N–H and O–H groups in total. The summed E-state index contributed by atoms with van der Waals surface area (Å²) >= 11 is 0. The lowest BCUT2D eigenvalue weighted by Gasteiger charge is -2.22. The van der Waals surface area contributed by atoms with Crippen LogP contribution in [0.25, 0.3) is 0 Å². The van der Waals surface area contributed by atoms with E-state index >= 15 is 0 Å². The number of ether oxygens (including phenoxy) is 1. The number of hydrogen-bond donors (Lipinski definition) is 3. The number of carbonyl (C=O) groups excluding carboxylic acids is 2. The van der Waals surface area contributed by atoms with Gasteiger partial charge in [0.05, 0.1) is 25.4 Å². The Labute approximate surface area is 476 Å². The SMILES string of the molecule is CCCCCCCCCCCCCCCC(O)C(CO)NC(=O)CCCCCCCCCCCCCCCCCCC/C=C\CCCCCCCCCCCCCCCCOC(=O)CCCCCCCCCCCCC. The number of esters is 1. The van der Waals surface area contributed by atoms with Gasteiger partial charge in [0.2, 0.25) is 5.91 Å². The number of aliphatic hydroxyl groups is 2. The number of unbranched alkanes of at least 4 members (excludes halogenated alkanes) is 53. The topological polar surface area (TPSA) is 95.9 Å². The summed E-state index contributed by atoms with van der Waals surface area (Å²) in [6.07, 6.45) is 81.3. The fourth-order valence-electron chi connectivity index (χ4n) is 11.2. The van der Waals surface area contributed by atoms with Crippen molar-refractivity contribution in [3.8, 4) is 0 Å². The molecule has 1 amide bonds. The summed E-state index contributed by atoms with van der Waals surface area (Å²) in [7, 11) is 0. The van der Waals surface area contributed by atoms with Gasteiger partial charge in [-0.15, -0.1) is 0 Å². The number of allylic oxidation sites excluding steroid dienone is 2. The molecule has 0 radical (unpaired) electrons. The van der Waals surface area contributed by atoms with Crippen LogP contribution in [-0.4, -0.2) is 47.4 Å². The second-order valence-corrected chi connectivity index (χ2v) is 24.2. The largest absolute Gasteiger partial charge is 0.466 e. The smallest absolute Gasteiger partial charge is 0.305 e. The Bertz CT molecular complexity index is 1140. The fourth-order valence-corrected chi connectivity index (χ4v) is 11.2. The van der Waals surface area contributed by atoms with Crippen molar-refractivity contribution in [2.45, 2.75) is 411 Å². The van der Waals surface area contributed by atoms with Crippen molar-refractivity contribution in [3.05, 3.63) is 12.2 Å². The third-order valence-electron chi connectivity index (χ3n) is 16.6. The quantitative estimate of drug-likeness (QED) is 0.0320. The minimum atomic E-state index is -0.660. The average Bonchev–Trinajstić information content (AvgIpc) is 3.42. The van der Waals surface area contributed by atoms with Crippen LogP contribution >= 0.6 is 0 Å². The Hall–Kier alpha value is -1.40. The summed E-state index contributed by atoms with van der Waals surface area (Å²) in [5, 5.41) is 23.3. The molecule has 0 aliphatic heterocycles. The second kappa shape index (κ2) is 66.1. The first-order chi connectivity index (χ1) is 37.5. The van der Waals surface area contributed by atoms with E-state index in [0.717, 1.165) is 38.5 Å². The Balaban J connectivity index is 3.32. The molecule has 6 nitrogen and oxygen atoms in total. The van der Waals surface area contributed by atoms with E-state index in [2.05, 4.69) is 31.3 Å². The van der Waals surface area contributed by atoms with E-state index in [1.807, 2.05) is 0 Å². The summed E-state index contributed by atoms with van der Waals surface area (Å²) in [5.41, 5.74) is 0. The summed E-state index contributed by atoms with van der Waals surface area (Å²) in [4.78, 5) is 24.5. The zero-order valence-electron chi connectivity index (χ0n) is 51.8. The number of hydrogen-bond acceptors (Lipinski definition) is 5. The second-order valence-electron chi connectivity index (χ2n) is 24.2. The van der Waals surface area contributed by atoms with Crippen molar-refractivity contribution in [2.24, 2.45) is 0 Å². The lowest BCUT2D eigenvalue weighted by molar-refractivity contribution is -0.143. The van der Waals surface area contributed by atoms with Gasteiger partial charge in [0.1, 0.15) is 0 Å². The molecular formula is C70H137NO5. The standard InChI is InChI=1S/C70H137NO5/c1-3-5-7-9-11-13-15-39-43-46-50-54-58-62-68(73)67(66-72)71-69(74)63-59-55-51-47-44-40-37-35-33-31-29-27-25-23-21-19-17-16-18-20-22-24-26-28-30-32-34-36-38-41-45-49-53-57-61-65-76-70(75)64-60-56-52-48-42-14-12-10-8-6-4-2/h18,20,67-68,72-73H,3-17,19,21-66H2,1-2H3,(H,71,74)/b20-18-. The highest BCUT2D eigenvalue weighted by Crippen LogP contribution is 2.19. The van der Waals surface area contributed by atoms with Crippen LogP contribution in [0, 0.1) is 0 Å². The predicted octanol–water partition coefficient (Wildman–Crippen LogP) is 22.4. The van der Waals surface area contributed by atoms with Crippen molar-refractivity contribution in [1.82, 2.24) is 5.32 Å². The highest BCUT2D eigenvalue weighted by atomic mass is 16.5. The third kappa shape index (κ3) is 61.8. The maximum atomic E-state index is 12.5. The van der Waals surface area contributed by atoms with Crippen LogP contribution in [0.4, 0.5) is 0 Å². The lowest BCUT2D eigenvalue weighted by atomic mass is 10.0. The molecule has 0 aliphatic carbocycles. The summed E-state index contributed by atoms with van der Waals surface area (Å²) in [6, 6.07) is -0.537. The molecule has 0 heterocycles. The van der Waals surface area contributed by atoms with Crippen molar-refractivity contribution in [1.29, 1.82) is 0 Å². The molecular weight excluding hydrogens is 935 g/mol. The third-order valence-corrected chi connectivity index (χ3v) is 16.6. The normalized spacial score (nSPS) is 12.5. The van der Waals surface area contributed by atoms with Crippen LogP contribution in [0.3, 0.4) is 0 Å².